The first-order valence-corrected chi connectivity index (χ1v) is 10.9. The van der Waals surface area contributed by atoms with E-state index in [0.717, 1.165) is 38.9 Å². The molecule has 0 aliphatic carbocycles. The Morgan fingerprint density at radius 2 is 1.30 bits per heavy atom. The second-order valence-electron chi connectivity index (χ2n) is 6.61. The highest BCUT2D eigenvalue weighted by molar-refractivity contribution is 8.18. The minimum atomic E-state index is -0.399. The lowest BCUT2D eigenvalue weighted by Gasteiger charge is -2.20. The van der Waals surface area contributed by atoms with Crippen molar-refractivity contribution in [1.29, 1.82) is 0 Å². The second-order valence-corrected chi connectivity index (χ2v) is 8.33. The first-order valence-electron chi connectivity index (χ1n) is 9.55. The number of hydrogen-bond acceptors (Lipinski definition) is 5. The van der Waals surface area contributed by atoms with Gasteiger partial charge in [0.1, 0.15) is 23.1 Å². The van der Waals surface area contributed by atoms with Crippen LogP contribution >= 0.6 is 10.7 Å². The van der Waals surface area contributed by atoms with E-state index in [2.05, 4.69) is 28.7 Å². The number of benzene rings is 3. The molecule has 1 aliphatic rings. The van der Waals surface area contributed by atoms with Crippen LogP contribution in [-0.4, -0.2) is 37.8 Å². The van der Waals surface area contributed by atoms with Gasteiger partial charge < -0.3 is 14.2 Å². The standard InChI is InChI=1S/C24H24N2O3S/c1-27-17-30-24(19-11-15-22(29-3)16-12-19)23(18-9-13-21(28-2)14-10-18)25-26(30)20-7-5-4-6-8-20/h4-16H,17H2,1-3H3. The molecule has 0 saturated heterocycles. The van der Waals surface area contributed by atoms with E-state index in [1.807, 2.05) is 54.6 Å². The van der Waals surface area contributed by atoms with Crippen LogP contribution in [0.4, 0.5) is 5.69 Å². The molecule has 154 valence electrons. The van der Waals surface area contributed by atoms with Gasteiger partial charge in [-0.2, -0.15) is 5.10 Å². The van der Waals surface area contributed by atoms with E-state index in [-0.39, 0.29) is 0 Å². The van der Waals surface area contributed by atoms with Gasteiger partial charge in [0.25, 0.3) is 0 Å². The van der Waals surface area contributed by atoms with Crippen LogP contribution in [0.15, 0.2) is 84.0 Å². The molecule has 0 spiro atoms. The number of rotatable bonds is 7. The van der Waals surface area contributed by atoms with Gasteiger partial charge in [-0.15, -0.1) is 0 Å². The van der Waals surface area contributed by atoms with Gasteiger partial charge in [0.15, 0.2) is 0 Å². The van der Waals surface area contributed by atoms with E-state index in [1.54, 1.807) is 21.3 Å². The van der Waals surface area contributed by atoms with Crippen LogP contribution < -0.4 is 13.9 Å². The zero-order chi connectivity index (χ0) is 20.9. The van der Waals surface area contributed by atoms with Crippen molar-refractivity contribution in [2.75, 3.05) is 31.7 Å². The molecule has 30 heavy (non-hydrogen) atoms. The van der Waals surface area contributed by atoms with Gasteiger partial charge in [-0.05, 0) is 64.8 Å². The summed E-state index contributed by atoms with van der Waals surface area (Å²) in [7, 11) is 4.68. The predicted octanol–water partition coefficient (Wildman–Crippen LogP) is 4.94. The first-order chi connectivity index (χ1) is 14.7. The summed E-state index contributed by atoms with van der Waals surface area (Å²) in [6, 6.07) is 26.3. The number of methoxy groups -OCH3 is 3. The highest BCUT2D eigenvalue weighted by Crippen LogP contribution is 2.38. The third-order valence-electron chi connectivity index (χ3n) is 4.77. The minimum Gasteiger partial charge on any atom is -0.497 e. The van der Waals surface area contributed by atoms with Crippen molar-refractivity contribution in [2.45, 2.75) is 0 Å². The van der Waals surface area contributed by atoms with Crippen LogP contribution in [-0.2, 0) is 4.74 Å². The third-order valence-corrected chi connectivity index (χ3v) is 6.84. The van der Waals surface area contributed by atoms with E-state index < -0.39 is 10.7 Å². The van der Waals surface area contributed by atoms with Gasteiger partial charge in [-0.1, -0.05) is 30.3 Å². The summed E-state index contributed by atoms with van der Waals surface area (Å²) in [6.45, 7) is 0. The van der Waals surface area contributed by atoms with Crippen molar-refractivity contribution >= 4 is 26.9 Å². The van der Waals surface area contributed by atoms with Crippen LogP contribution in [0.3, 0.4) is 0 Å². The van der Waals surface area contributed by atoms with Gasteiger partial charge in [0.05, 0.1) is 24.8 Å². The lowest BCUT2D eigenvalue weighted by molar-refractivity contribution is 0.258. The molecular weight excluding hydrogens is 396 g/mol. The van der Waals surface area contributed by atoms with Crippen molar-refractivity contribution in [3.05, 3.63) is 90.0 Å². The fraction of sp³-hybridized carbons (Fsp3) is 0.167. The highest BCUT2D eigenvalue weighted by Gasteiger charge is 2.28. The molecule has 6 heteroatoms. The van der Waals surface area contributed by atoms with Crippen molar-refractivity contribution < 1.29 is 14.2 Å². The topological polar surface area (TPSA) is 43.3 Å². The Kier molecular flexibility index (Phi) is 6.16. The lowest BCUT2D eigenvalue weighted by atomic mass is 10.0. The molecule has 0 bridgehead atoms. The Balaban J connectivity index is 1.89. The average molecular weight is 421 g/mol. The summed E-state index contributed by atoms with van der Waals surface area (Å²) in [5.41, 5.74) is 4.11. The minimum absolute atomic E-state index is 0.399. The number of ether oxygens (including phenoxy) is 3. The number of anilines is 1. The third kappa shape index (κ3) is 3.97. The van der Waals surface area contributed by atoms with Gasteiger partial charge in [-0.3, -0.25) is 0 Å². The molecule has 4 rings (SSSR count). The van der Waals surface area contributed by atoms with Crippen LogP contribution in [0.25, 0.3) is 0 Å². The SMILES string of the molecule is COCS1=C(c2ccc(OC)cc2)C(c2ccc(OC)cc2)=NN1c1ccccc1. The number of hydrazone groups is 1. The van der Waals surface area contributed by atoms with Crippen LogP contribution in [0, 0.1) is 0 Å². The maximum absolute atomic E-state index is 5.63. The lowest BCUT2D eigenvalue weighted by Crippen LogP contribution is -2.15. The zero-order valence-electron chi connectivity index (χ0n) is 17.2. The fourth-order valence-corrected chi connectivity index (χ4v) is 5.26. The second kappa shape index (κ2) is 9.15. The first kappa shape index (κ1) is 20.2. The molecule has 1 unspecified atom stereocenters. The van der Waals surface area contributed by atoms with Crippen LogP contribution in [0.1, 0.15) is 11.1 Å². The van der Waals surface area contributed by atoms with Crippen molar-refractivity contribution in [3.63, 3.8) is 0 Å². The molecule has 1 aliphatic heterocycles. The quantitative estimate of drug-likeness (QED) is 0.508. The molecule has 5 nitrogen and oxygen atoms in total. The predicted molar refractivity (Wildman–Crippen MR) is 125 cm³/mol. The molecule has 0 saturated carbocycles. The van der Waals surface area contributed by atoms with Gasteiger partial charge in [0.2, 0.25) is 0 Å². The molecule has 3 aromatic carbocycles. The molecular formula is C24H24N2O3S. The van der Waals surface area contributed by atoms with Gasteiger partial charge >= 0.3 is 0 Å². The summed E-state index contributed by atoms with van der Waals surface area (Å²) in [4.78, 5) is 1.15. The molecule has 1 atom stereocenters. The number of nitrogens with zero attached hydrogens (tertiary/aromatic N) is 2. The number of para-hydroxylation sites is 1. The fourth-order valence-electron chi connectivity index (χ4n) is 3.30. The summed E-state index contributed by atoms with van der Waals surface area (Å²) in [5.74, 6) is 2.19. The van der Waals surface area contributed by atoms with E-state index >= 15 is 0 Å². The van der Waals surface area contributed by atoms with Crippen molar-refractivity contribution in [3.8, 4) is 11.5 Å². The van der Waals surface area contributed by atoms with E-state index in [1.165, 1.54) is 0 Å². The van der Waals surface area contributed by atoms with E-state index in [4.69, 9.17) is 19.3 Å². The van der Waals surface area contributed by atoms with Gasteiger partial charge in [0, 0.05) is 12.7 Å². The van der Waals surface area contributed by atoms with E-state index in [9.17, 15) is 0 Å². The Hall–Kier alpha value is -3.09. The smallest absolute Gasteiger partial charge is 0.118 e. The van der Waals surface area contributed by atoms with Crippen LogP contribution in [0.2, 0.25) is 0 Å². The average Bonchev–Trinajstić information content (AvgIpc) is 3.19. The molecule has 0 amide bonds. The summed E-state index contributed by atoms with van der Waals surface area (Å²) in [5, 5.41) is 5.06. The van der Waals surface area contributed by atoms with Crippen molar-refractivity contribution in [2.24, 2.45) is 5.10 Å². The van der Waals surface area contributed by atoms with Crippen LogP contribution in [0.5, 0.6) is 11.5 Å². The molecule has 0 N–H and O–H groups in total. The molecule has 3 aromatic rings. The summed E-state index contributed by atoms with van der Waals surface area (Å²) < 4.78 is 18.4. The molecule has 0 aromatic heterocycles. The largest absolute Gasteiger partial charge is 0.497 e. The van der Waals surface area contributed by atoms with Crippen molar-refractivity contribution in [1.82, 2.24) is 0 Å². The maximum atomic E-state index is 5.63. The molecule has 1 heterocycles. The molecule has 0 fully saturated rings. The highest BCUT2D eigenvalue weighted by atomic mass is 32.2. The Morgan fingerprint density at radius 1 is 0.733 bits per heavy atom. The number of hydrogen-bond donors (Lipinski definition) is 0. The maximum Gasteiger partial charge on any atom is 0.118 e. The Labute approximate surface area is 179 Å². The van der Waals surface area contributed by atoms with Gasteiger partial charge in [-0.25, -0.2) is 4.41 Å². The Morgan fingerprint density at radius 3 is 1.83 bits per heavy atom. The normalized spacial score (nSPS) is 15.8. The molecule has 0 radical (unpaired) electrons. The Bertz CT molecular complexity index is 1060. The van der Waals surface area contributed by atoms with E-state index in [0.29, 0.717) is 5.94 Å². The summed E-state index contributed by atoms with van der Waals surface area (Å²) in [6.07, 6.45) is 0. The summed E-state index contributed by atoms with van der Waals surface area (Å²) >= 11 is 0. The monoisotopic (exact) mass is 420 g/mol. The zero-order valence-corrected chi connectivity index (χ0v) is 18.1.